The van der Waals surface area contributed by atoms with Crippen molar-refractivity contribution >= 4 is 85.1 Å². The minimum absolute atomic E-state index is 0. The topological polar surface area (TPSA) is 126 Å². The quantitative estimate of drug-likeness (QED) is 0.364. The van der Waals surface area contributed by atoms with Crippen molar-refractivity contribution < 1.29 is 30.0 Å². The van der Waals surface area contributed by atoms with E-state index in [1.165, 1.54) is 0 Å². The molecule has 0 saturated heterocycles. The molecule has 0 aromatic rings. The van der Waals surface area contributed by atoms with E-state index in [1.807, 2.05) is 0 Å². The Balaban J connectivity index is -0.0000000300. The molecule has 50 valence electrons. The third-order valence-corrected chi connectivity index (χ3v) is 0. The predicted octanol–water partition coefficient (Wildman–Crippen LogP) is -5.66. The molecule has 0 amide bonds. The van der Waals surface area contributed by atoms with Gasteiger partial charge in [0.1, 0.15) is 0 Å². The van der Waals surface area contributed by atoms with Gasteiger partial charge in [0, 0.05) is 0 Å². The molecule has 8 heteroatoms. The molecule has 0 N–H and O–H groups in total. The van der Waals surface area contributed by atoms with E-state index in [1.54, 1.807) is 0 Å². The van der Waals surface area contributed by atoms with Crippen molar-refractivity contribution in [3.8, 4) is 0 Å². The smallest absolute Gasteiger partial charge is 0.652 e. The summed E-state index contributed by atoms with van der Waals surface area (Å²) in [5.41, 5.74) is 0. The van der Waals surface area contributed by atoms with E-state index in [0.717, 1.165) is 0 Å². The summed E-state index contributed by atoms with van der Waals surface area (Å²) in [4.78, 5) is 16.7. The first-order valence-corrected chi connectivity index (χ1v) is 1.22. The maximum absolute atomic E-state index is 8.33. The Labute approximate surface area is 113 Å². The molecule has 0 bridgehead atoms. The molecule has 0 unspecified atom stereocenters. The minimum atomic E-state index is -2.33. The number of rotatable bonds is 0. The van der Waals surface area contributed by atoms with Gasteiger partial charge in [-0.25, -0.2) is 0 Å². The summed E-state index contributed by atoms with van der Waals surface area (Å²) in [5, 5.41) is 33.3. The Morgan fingerprint density at radius 1 is 0.800 bits per heavy atom. The van der Waals surface area contributed by atoms with Gasteiger partial charge in [-0.15, -0.1) is 0 Å². The molecule has 10 heavy (non-hydrogen) atoms. The summed E-state index contributed by atoms with van der Waals surface area (Å²) >= 11 is 0. The summed E-state index contributed by atoms with van der Waals surface area (Å²) < 4.78 is 0. The van der Waals surface area contributed by atoms with Gasteiger partial charge in [-0.1, -0.05) is 0 Å². The summed E-state index contributed by atoms with van der Waals surface area (Å²) in [5.74, 6) is 0. The van der Waals surface area contributed by atoms with Gasteiger partial charge in [0.15, 0.2) is 0 Å². The Morgan fingerprint density at radius 2 is 0.800 bits per heavy atom. The SMILES string of the molecule is O=C([O-])[O-].O=C([O-])[O-].[Pb+2].[Sr+2]. The first-order valence-electron chi connectivity index (χ1n) is 1.22. The standard InChI is InChI=1S/2CH2O3.Pb.Sr/c2*2-1(3)4;;/h2*(H2,2,3,4);;/q;;2*+2/p-4. The van der Waals surface area contributed by atoms with E-state index < -0.39 is 12.3 Å². The summed E-state index contributed by atoms with van der Waals surface area (Å²) in [6.07, 6.45) is -4.67. The van der Waals surface area contributed by atoms with Crippen LogP contribution in [-0.4, -0.2) is 85.1 Å². The molecular weight excluding hydrogens is 415 g/mol. The van der Waals surface area contributed by atoms with E-state index in [4.69, 9.17) is 30.0 Å². The van der Waals surface area contributed by atoms with Crippen LogP contribution in [0.3, 0.4) is 0 Å². The van der Waals surface area contributed by atoms with E-state index in [9.17, 15) is 0 Å². The maximum Gasteiger partial charge on any atom is 2.00 e. The second-order valence-electron chi connectivity index (χ2n) is 0.500. The second-order valence-corrected chi connectivity index (χ2v) is 0.500. The summed E-state index contributed by atoms with van der Waals surface area (Å²) in [6, 6.07) is 0. The number of carbonyl (C=O) groups excluding carboxylic acids is 2. The molecule has 0 saturated carbocycles. The van der Waals surface area contributed by atoms with E-state index >= 15 is 0 Å². The van der Waals surface area contributed by atoms with Gasteiger partial charge in [-0.2, -0.15) is 0 Å². The van der Waals surface area contributed by atoms with E-state index in [2.05, 4.69) is 0 Å². The molecular formula is C2O6PbSr. The van der Waals surface area contributed by atoms with Crippen molar-refractivity contribution in [2.45, 2.75) is 0 Å². The fourth-order valence-electron chi connectivity index (χ4n) is 0. The van der Waals surface area contributed by atoms with E-state index in [0.29, 0.717) is 0 Å². The average Bonchev–Trinajstić information content (AvgIpc) is 1.25. The van der Waals surface area contributed by atoms with Crippen LogP contribution in [0.25, 0.3) is 0 Å². The van der Waals surface area contributed by atoms with Crippen LogP contribution in [0.1, 0.15) is 0 Å². The summed E-state index contributed by atoms with van der Waals surface area (Å²) in [6.45, 7) is 0. The molecule has 0 spiro atoms. The Morgan fingerprint density at radius 3 is 0.800 bits per heavy atom. The minimum Gasteiger partial charge on any atom is -0.652 e. The Bertz CT molecular complexity index is 73.7. The van der Waals surface area contributed by atoms with Crippen LogP contribution in [0, 0.1) is 0 Å². The molecule has 0 aliphatic heterocycles. The molecule has 0 aromatic heterocycles. The zero-order valence-electron chi connectivity index (χ0n) is 4.66. The van der Waals surface area contributed by atoms with Gasteiger partial charge in [0.05, 0.1) is 0 Å². The fourth-order valence-corrected chi connectivity index (χ4v) is 0. The predicted molar refractivity (Wildman–Crippen MR) is 22.3 cm³/mol. The number of carbonyl (C=O) groups is 2. The van der Waals surface area contributed by atoms with E-state index in [-0.39, 0.29) is 72.8 Å². The van der Waals surface area contributed by atoms with Crippen LogP contribution in [0.5, 0.6) is 0 Å². The van der Waals surface area contributed by atoms with Crippen molar-refractivity contribution in [3.05, 3.63) is 0 Å². The zero-order chi connectivity index (χ0) is 7.15. The summed E-state index contributed by atoms with van der Waals surface area (Å²) in [7, 11) is 0. The van der Waals surface area contributed by atoms with Crippen molar-refractivity contribution in [2.75, 3.05) is 0 Å². The third-order valence-electron chi connectivity index (χ3n) is 0. The van der Waals surface area contributed by atoms with Crippen LogP contribution in [0.15, 0.2) is 0 Å². The Hall–Kier alpha value is 0.943. The molecule has 0 rings (SSSR count). The van der Waals surface area contributed by atoms with Crippen molar-refractivity contribution in [2.24, 2.45) is 0 Å². The molecule has 0 aliphatic rings. The van der Waals surface area contributed by atoms with Gasteiger partial charge in [0.25, 0.3) is 0 Å². The molecule has 0 aromatic carbocycles. The maximum atomic E-state index is 8.33. The first-order chi connectivity index (χ1) is 3.46. The van der Waals surface area contributed by atoms with Gasteiger partial charge in [0.2, 0.25) is 0 Å². The Kier molecular flexibility index (Phi) is 37.0. The van der Waals surface area contributed by atoms with Crippen molar-refractivity contribution in [3.63, 3.8) is 0 Å². The number of hydrogen-bond acceptors (Lipinski definition) is 6. The first kappa shape index (κ1) is 22.4. The number of hydrogen-bond donors (Lipinski definition) is 0. The molecule has 6 nitrogen and oxygen atoms in total. The van der Waals surface area contributed by atoms with Gasteiger partial charge >= 0.3 is 72.8 Å². The molecule has 0 aliphatic carbocycles. The molecule has 0 heterocycles. The molecule has 0 fully saturated rings. The van der Waals surface area contributed by atoms with Crippen LogP contribution >= 0.6 is 0 Å². The normalized spacial score (nSPS) is 4.80. The largest absolute Gasteiger partial charge is 2.00 e. The van der Waals surface area contributed by atoms with Crippen LogP contribution in [0.2, 0.25) is 0 Å². The van der Waals surface area contributed by atoms with Crippen LogP contribution in [0.4, 0.5) is 9.59 Å². The van der Waals surface area contributed by atoms with Gasteiger partial charge in [-0.05, 0) is 12.3 Å². The number of carboxylic acid groups (broad SMARTS) is 4. The van der Waals surface area contributed by atoms with Gasteiger partial charge < -0.3 is 30.0 Å². The monoisotopic (exact) mass is 416 g/mol. The van der Waals surface area contributed by atoms with Crippen molar-refractivity contribution in [1.29, 1.82) is 0 Å². The average molecular weight is 415 g/mol. The fraction of sp³-hybridized carbons (Fsp3) is 0. The van der Waals surface area contributed by atoms with Crippen molar-refractivity contribution in [1.82, 2.24) is 0 Å². The molecule has 2 radical (unpaired) electrons. The van der Waals surface area contributed by atoms with Gasteiger partial charge in [-0.3, -0.25) is 0 Å². The van der Waals surface area contributed by atoms with Crippen LogP contribution in [-0.2, 0) is 0 Å². The zero-order valence-corrected chi connectivity index (χ0v) is 12.0. The van der Waals surface area contributed by atoms with Crippen LogP contribution < -0.4 is 20.4 Å². The molecule has 0 atom stereocenters. The third kappa shape index (κ3) is 635. The second kappa shape index (κ2) is 16.5.